The van der Waals surface area contributed by atoms with Crippen LogP contribution in [0.25, 0.3) is 0 Å². The highest BCUT2D eigenvalue weighted by Gasteiger charge is 2.58. The summed E-state index contributed by atoms with van der Waals surface area (Å²) in [4.78, 5) is 11.5. The maximum absolute atomic E-state index is 12.7. The molecular weight excluding hydrogens is 284 g/mol. The van der Waals surface area contributed by atoms with Gasteiger partial charge in [0.1, 0.15) is 6.29 Å². The van der Waals surface area contributed by atoms with Crippen LogP contribution in [0.15, 0.2) is 59.5 Å². The molecule has 2 aromatic carbocycles. The lowest BCUT2D eigenvalue weighted by Crippen LogP contribution is -2.10. The highest BCUT2D eigenvalue weighted by molar-refractivity contribution is 7.92. The molecule has 0 N–H and O–H groups in total. The number of hydrogen-bond donors (Lipinski definition) is 0. The fourth-order valence-corrected chi connectivity index (χ4v) is 4.97. The molecule has 0 amide bonds. The predicted octanol–water partition coefficient (Wildman–Crippen LogP) is 2.75. The highest BCUT2D eigenvalue weighted by Crippen LogP contribution is 2.52. The lowest BCUT2D eigenvalue weighted by molar-refractivity contribution is -0.108. The summed E-state index contributed by atoms with van der Waals surface area (Å²) < 4.78 is 25.3. The van der Waals surface area contributed by atoms with E-state index in [1.54, 1.807) is 30.3 Å². The summed E-state index contributed by atoms with van der Waals surface area (Å²) in [5, 5.41) is -0.639. The van der Waals surface area contributed by atoms with Gasteiger partial charge in [0.15, 0.2) is 9.84 Å². The van der Waals surface area contributed by atoms with E-state index < -0.39 is 21.0 Å². The fraction of sp³-hybridized carbons (Fsp3) is 0.235. The van der Waals surface area contributed by atoms with Gasteiger partial charge in [-0.2, -0.15) is 0 Å². The molecule has 1 aliphatic rings. The maximum Gasteiger partial charge on any atom is 0.182 e. The van der Waals surface area contributed by atoms with Gasteiger partial charge in [-0.3, -0.25) is 0 Å². The van der Waals surface area contributed by atoms with Crippen molar-refractivity contribution in [1.82, 2.24) is 0 Å². The van der Waals surface area contributed by atoms with Crippen LogP contribution in [0.2, 0.25) is 0 Å². The number of hydrogen-bond acceptors (Lipinski definition) is 3. The lowest BCUT2D eigenvalue weighted by atomic mass is 10.1. The Balaban J connectivity index is 1.96. The van der Waals surface area contributed by atoms with Crippen molar-refractivity contribution in [2.45, 2.75) is 23.0 Å². The minimum Gasteiger partial charge on any atom is -0.303 e. The molecule has 0 aliphatic heterocycles. The first-order chi connectivity index (χ1) is 10.1. The summed E-state index contributed by atoms with van der Waals surface area (Å²) in [5.41, 5.74) is 2.03. The van der Waals surface area contributed by atoms with E-state index in [1.807, 2.05) is 31.2 Å². The minimum atomic E-state index is -3.47. The number of benzene rings is 2. The Kier molecular flexibility index (Phi) is 3.41. The number of carbonyl (C=O) groups is 1. The molecule has 3 nitrogen and oxygen atoms in total. The zero-order valence-corrected chi connectivity index (χ0v) is 12.5. The maximum atomic E-state index is 12.7. The molecule has 0 heterocycles. The Labute approximate surface area is 124 Å². The molecule has 1 saturated carbocycles. The second-order valence-corrected chi connectivity index (χ2v) is 7.58. The quantitative estimate of drug-likeness (QED) is 0.816. The van der Waals surface area contributed by atoms with Gasteiger partial charge in [-0.25, -0.2) is 8.42 Å². The molecule has 0 bridgehead atoms. The molecule has 0 saturated heterocycles. The van der Waals surface area contributed by atoms with Crippen LogP contribution in [-0.2, 0) is 14.6 Å². The van der Waals surface area contributed by atoms with Gasteiger partial charge >= 0.3 is 0 Å². The van der Waals surface area contributed by atoms with E-state index >= 15 is 0 Å². The molecule has 108 valence electrons. The Morgan fingerprint density at radius 1 is 0.952 bits per heavy atom. The SMILES string of the molecule is Cc1ccc([C@@H]2[C@@H](C=O)[C@H]2S(=O)(=O)c2ccccc2)cc1. The van der Waals surface area contributed by atoms with Crippen LogP contribution in [0.5, 0.6) is 0 Å². The molecule has 0 unspecified atom stereocenters. The third kappa shape index (κ3) is 2.40. The van der Waals surface area contributed by atoms with Gasteiger partial charge in [0.25, 0.3) is 0 Å². The summed E-state index contributed by atoms with van der Waals surface area (Å²) in [5.74, 6) is -0.675. The first-order valence-electron chi connectivity index (χ1n) is 6.86. The zero-order chi connectivity index (χ0) is 15.0. The average Bonchev–Trinajstić information content (AvgIpc) is 3.24. The summed E-state index contributed by atoms with van der Waals surface area (Å²) in [6.07, 6.45) is 0.773. The first kappa shape index (κ1) is 14.0. The smallest absolute Gasteiger partial charge is 0.182 e. The van der Waals surface area contributed by atoms with E-state index in [1.165, 1.54) is 0 Å². The van der Waals surface area contributed by atoms with Crippen LogP contribution >= 0.6 is 0 Å². The van der Waals surface area contributed by atoms with E-state index in [2.05, 4.69) is 0 Å². The molecular formula is C17H16O3S. The molecule has 3 atom stereocenters. The topological polar surface area (TPSA) is 51.2 Å². The molecule has 21 heavy (non-hydrogen) atoms. The van der Waals surface area contributed by atoms with Crippen molar-refractivity contribution in [2.75, 3.05) is 0 Å². The summed E-state index contributed by atoms with van der Waals surface area (Å²) in [7, 11) is -3.47. The first-order valence-corrected chi connectivity index (χ1v) is 8.41. The molecule has 3 rings (SSSR count). The van der Waals surface area contributed by atoms with Gasteiger partial charge in [0, 0.05) is 11.8 Å². The van der Waals surface area contributed by atoms with Crippen molar-refractivity contribution >= 4 is 16.1 Å². The average molecular weight is 300 g/mol. The number of aldehydes is 1. The second kappa shape index (κ2) is 5.11. The van der Waals surface area contributed by atoms with Crippen LogP contribution in [0, 0.1) is 12.8 Å². The van der Waals surface area contributed by atoms with Crippen molar-refractivity contribution in [1.29, 1.82) is 0 Å². The van der Waals surface area contributed by atoms with Crippen LogP contribution in [0.4, 0.5) is 0 Å². The van der Waals surface area contributed by atoms with E-state index in [0.717, 1.165) is 17.4 Å². The lowest BCUT2D eigenvalue weighted by Gasteiger charge is -2.04. The van der Waals surface area contributed by atoms with Gasteiger partial charge in [-0.15, -0.1) is 0 Å². The van der Waals surface area contributed by atoms with Gasteiger partial charge in [-0.1, -0.05) is 48.0 Å². The Hall–Kier alpha value is -1.94. The Morgan fingerprint density at radius 2 is 1.57 bits per heavy atom. The normalized spacial score (nSPS) is 24.5. The van der Waals surface area contributed by atoms with E-state index in [0.29, 0.717) is 0 Å². The second-order valence-electron chi connectivity index (χ2n) is 5.47. The van der Waals surface area contributed by atoms with E-state index in [-0.39, 0.29) is 10.8 Å². The Morgan fingerprint density at radius 3 is 2.14 bits per heavy atom. The van der Waals surface area contributed by atoms with Crippen LogP contribution < -0.4 is 0 Å². The summed E-state index contributed by atoms with van der Waals surface area (Å²) in [6.45, 7) is 1.98. The highest BCUT2D eigenvalue weighted by atomic mass is 32.2. The molecule has 1 aliphatic carbocycles. The van der Waals surface area contributed by atoms with Gasteiger partial charge in [-0.05, 0) is 24.6 Å². The van der Waals surface area contributed by atoms with Crippen LogP contribution in [0.3, 0.4) is 0 Å². The van der Waals surface area contributed by atoms with Crippen molar-refractivity contribution < 1.29 is 13.2 Å². The van der Waals surface area contributed by atoms with Crippen LogP contribution in [0.1, 0.15) is 17.0 Å². The summed E-state index contributed by atoms with van der Waals surface area (Å²) in [6, 6.07) is 16.1. The third-order valence-corrected chi connectivity index (χ3v) is 6.31. The number of sulfone groups is 1. The van der Waals surface area contributed by atoms with Gasteiger partial charge in [0.2, 0.25) is 0 Å². The van der Waals surface area contributed by atoms with Crippen molar-refractivity contribution in [3.63, 3.8) is 0 Å². The van der Waals surface area contributed by atoms with Crippen molar-refractivity contribution in [2.24, 2.45) is 5.92 Å². The third-order valence-electron chi connectivity index (χ3n) is 4.06. The predicted molar refractivity (Wildman–Crippen MR) is 80.9 cm³/mol. The van der Waals surface area contributed by atoms with Gasteiger partial charge < -0.3 is 4.79 Å². The molecule has 4 heteroatoms. The molecule has 2 aromatic rings. The number of carbonyl (C=O) groups excluding carboxylic acids is 1. The van der Waals surface area contributed by atoms with Crippen molar-refractivity contribution in [3.05, 3.63) is 65.7 Å². The van der Waals surface area contributed by atoms with Crippen LogP contribution in [-0.4, -0.2) is 20.0 Å². The van der Waals surface area contributed by atoms with E-state index in [9.17, 15) is 13.2 Å². The van der Waals surface area contributed by atoms with E-state index in [4.69, 9.17) is 0 Å². The standard InChI is InChI=1S/C17H16O3S/c1-12-7-9-13(10-8-12)16-15(11-18)17(16)21(19,20)14-5-3-2-4-6-14/h2-11,15-17H,1H3/t15-,16-,17-/m1/s1. The molecule has 1 fully saturated rings. The number of aryl methyl sites for hydroxylation is 1. The molecule has 0 radical (unpaired) electrons. The number of rotatable bonds is 4. The van der Waals surface area contributed by atoms with Gasteiger partial charge in [0.05, 0.1) is 10.1 Å². The minimum absolute atomic E-state index is 0.228. The zero-order valence-electron chi connectivity index (χ0n) is 11.6. The summed E-state index contributed by atoms with van der Waals surface area (Å²) >= 11 is 0. The molecule has 0 aromatic heterocycles. The molecule has 0 spiro atoms. The largest absolute Gasteiger partial charge is 0.303 e. The monoisotopic (exact) mass is 300 g/mol. The fourth-order valence-electron chi connectivity index (χ4n) is 2.84. The van der Waals surface area contributed by atoms with Crippen molar-refractivity contribution in [3.8, 4) is 0 Å². The Bertz CT molecular complexity index is 748.